The van der Waals surface area contributed by atoms with Gasteiger partial charge in [0.25, 0.3) is 0 Å². The second kappa shape index (κ2) is 17.0. The predicted molar refractivity (Wildman–Crippen MR) is 174 cm³/mol. The molecule has 48 heavy (non-hydrogen) atoms. The molecule has 0 heterocycles. The van der Waals surface area contributed by atoms with Crippen LogP contribution in [0.4, 0.5) is 0 Å². The molecule has 13 heteroatoms. The third kappa shape index (κ3) is 8.75. The Labute approximate surface area is 278 Å². The summed E-state index contributed by atoms with van der Waals surface area (Å²) < 4.78 is 22.9. The summed E-state index contributed by atoms with van der Waals surface area (Å²) in [5, 5.41) is 2.41. The number of carbonyl (C=O) groups is 5. The van der Waals surface area contributed by atoms with Crippen LogP contribution in [0.5, 0.6) is 11.5 Å². The van der Waals surface area contributed by atoms with Gasteiger partial charge in [-0.3, -0.25) is 10.6 Å². The van der Waals surface area contributed by atoms with Crippen molar-refractivity contribution in [2.24, 2.45) is 11.0 Å². The Morgan fingerprint density at radius 3 is 1.52 bits per heavy atom. The van der Waals surface area contributed by atoms with Crippen molar-refractivity contribution in [3.63, 3.8) is 0 Å². The molecule has 0 bridgehead atoms. The Morgan fingerprint density at radius 2 is 1.12 bits per heavy atom. The Kier molecular flexibility index (Phi) is 13.2. The predicted octanol–water partition coefficient (Wildman–Crippen LogP) is 5.00. The zero-order valence-electron chi connectivity index (χ0n) is 27.2. The van der Waals surface area contributed by atoms with Gasteiger partial charge in [-0.05, 0) is 74.1 Å². The molecule has 0 saturated carbocycles. The summed E-state index contributed by atoms with van der Waals surface area (Å²) in [5.74, 6) is 0.506. The fourth-order valence-corrected chi connectivity index (χ4v) is 4.82. The molecular weight excluding hydrogens is 622 g/mol. The van der Waals surface area contributed by atoms with Crippen molar-refractivity contribution in [2.75, 3.05) is 0 Å². The molecule has 0 unspecified atom stereocenters. The van der Waals surface area contributed by atoms with Crippen LogP contribution in [0.2, 0.25) is 0 Å². The van der Waals surface area contributed by atoms with Gasteiger partial charge in [-0.2, -0.15) is 0 Å². The lowest BCUT2D eigenvalue weighted by Gasteiger charge is -2.30. The number of esters is 4. The third-order valence-corrected chi connectivity index (χ3v) is 8.07. The smallest absolute Gasteiger partial charge is 0.356 e. The van der Waals surface area contributed by atoms with E-state index in [0.29, 0.717) is 5.56 Å². The number of rotatable bonds is 16. The fourth-order valence-electron chi connectivity index (χ4n) is 4.82. The summed E-state index contributed by atoms with van der Waals surface area (Å²) in [7, 11) is 0. The van der Waals surface area contributed by atoms with E-state index in [1.165, 1.54) is 18.2 Å². The van der Waals surface area contributed by atoms with Crippen molar-refractivity contribution in [2.45, 2.75) is 77.0 Å². The average Bonchev–Trinajstić information content (AvgIpc) is 3.12. The third-order valence-electron chi connectivity index (χ3n) is 8.07. The molecule has 3 aromatic carbocycles. The number of benzene rings is 3. The maximum Gasteiger partial charge on any atom is 0.356 e. The Bertz CT molecular complexity index is 1600. The highest BCUT2D eigenvalue weighted by molar-refractivity contribution is 5.94. The first kappa shape index (κ1) is 37.2. The SMILES string of the molecule is CCC(CC)(OC(=O)c1ccccc1)C(=O)Oc1ccc(C[C@H](NN)C(=O)N=O)cc1OC(=O)C(CC)(CC)OC(=O)c1ccccc1. The Morgan fingerprint density at radius 1 is 0.688 bits per heavy atom. The Balaban J connectivity index is 2.00. The lowest BCUT2D eigenvalue weighted by molar-refractivity contribution is -0.159. The van der Waals surface area contributed by atoms with E-state index < -0.39 is 47.0 Å². The van der Waals surface area contributed by atoms with Crippen LogP contribution >= 0.6 is 0 Å². The molecule has 0 saturated heterocycles. The molecule has 0 aliphatic carbocycles. The maximum atomic E-state index is 13.8. The molecule has 3 aromatic rings. The number of nitrogens with zero attached hydrogens (tertiary/aromatic N) is 1. The number of hydrogen-bond acceptors (Lipinski definition) is 12. The molecule has 1 amide bonds. The number of nitroso groups, excluding NO2 is 1. The van der Waals surface area contributed by atoms with E-state index in [-0.39, 0.29) is 54.7 Å². The highest BCUT2D eigenvalue weighted by Gasteiger charge is 2.44. The summed E-state index contributed by atoms with van der Waals surface area (Å²) in [6, 6.07) is 19.1. The number of nitrogens with one attached hydrogen (secondary N) is 1. The van der Waals surface area contributed by atoms with Gasteiger partial charge in [-0.1, -0.05) is 70.2 Å². The fraction of sp³-hybridized carbons (Fsp3) is 0.343. The summed E-state index contributed by atoms with van der Waals surface area (Å²) in [5.41, 5.74) is -0.425. The molecule has 3 rings (SSSR count). The molecule has 254 valence electrons. The van der Waals surface area contributed by atoms with Crippen LogP contribution in [0.3, 0.4) is 0 Å². The topological polar surface area (TPSA) is 190 Å². The van der Waals surface area contributed by atoms with Crippen LogP contribution in [0.25, 0.3) is 0 Å². The molecule has 13 nitrogen and oxygen atoms in total. The Hall–Kier alpha value is -5.27. The quantitative estimate of drug-likeness (QED) is 0.0688. The summed E-state index contributed by atoms with van der Waals surface area (Å²) in [6.45, 7) is 6.61. The van der Waals surface area contributed by atoms with E-state index in [4.69, 9.17) is 24.8 Å². The minimum Gasteiger partial charge on any atom is -0.443 e. The standard InChI is InChI=1S/C35H39N3O10/c1-5-34(6-2,47-30(40)24-15-11-9-12-16-24)32(42)45-27-20-19-23(21-26(37-36)29(39)38-44)22-28(27)46-33(43)35(7-3,8-4)48-31(41)25-17-13-10-14-18-25/h9-20,22,26,37H,5-8,21,36H2,1-4H3/t26-/m0/s1. The number of amides is 1. The number of ether oxygens (including phenoxy) is 4. The van der Waals surface area contributed by atoms with Gasteiger partial charge in [0.2, 0.25) is 11.2 Å². The van der Waals surface area contributed by atoms with Crippen molar-refractivity contribution in [1.29, 1.82) is 0 Å². The number of hydrogen-bond donors (Lipinski definition) is 2. The van der Waals surface area contributed by atoms with Crippen molar-refractivity contribution >= 4 is 29.8 Å². The average molecular weight is 662 g/mol. The zero-order valence-corrected chi connectivity index (χ0v) is 27.2. The van der Waals surface area contributed by atoms with E-state index in [0.717, 1.165) is 0 Å². The van der Waals surface area contributed by atoms with Gasteiger partial charge >= 0.3 is 29.8 Å². The number of nitrogens with two attached hydrogens (primary N) is 1. The minimum atomic E-state index is -1.73. The molecule has 0 radical (unpaired) electrons. The van der Waals surface area contributed by atoms with E-state index in [9.17, 15) is 28.9 Å². The van der Waals surface area contributed by atoms with Gasteiger partial charge in [0.05, 0.1) is 11.1 Å². The van der Waals surface area contributed by atoms with Crippen LogP contribution in [-0.4, -0.2) is 47.0 Å². The lowest BCUT2D eigenvalue weighted by Crippen LogP contribution is -2.46. The van der Waals surface area contributed by atoms with Gasteiger partial charge in [-0.25, -0.2) is 24.6 Å². The summed E-state index contributed by atoms with van der Waals surface area (Å²) >= 11 is 0. The highest BCUT2D eigenvalue weighted by Crippen LogP contribution is 2.35. The summed E-state index contributed by atoms with van der Waals surface area (Å²) in [4.78, 5) is 76.3. The normalized spacial score (nSPS) is 11.9. The van der Waals surface area contributed by atoms with Crippen LogP contribution in [0.15, 0.2) is 84.0 Å². The second-order valence-corrected chi connectivity index (χ2v) is 10.8. The molecule has 0 fully saturated rings. The monoisotopic (exact) mass is 661 g/mol. The summed E-state index contributed by atoms with van der Waals surface area (Å²) in [6.07, 6.45) is 0.0429. The van der Waals surface area contributed by atoms with Crippen LogP contribution in [-0.2, 0) is 30.3 Å². The van der Waals surface area contributed by atoms with Crippen molar-refractivity contribution in [3.05, 3.63) is 100 Å². The largest absolute Gasteiger partial charge is 0.443 e. The first-order chi connectivity index (χ1) is 23.0. The lowest BCUT2D eigenvalue weighted by atomic mass is 9.96. The molecule has 3 N–H and O–H groups in total. The maximum absolute atomic E-state index is 13.8. The van der Waals surface area contributed by atoms with Crippen molar-refractivity contribution < 1.29 is 42.9 Å². The van der Waals surface area contributed by atoms with Crippen molar-refractivity contribution in [3.8, 4) is 11.5 Å². The van der Waals surface area contributed by atoms with E-state index in [1.807, 2.05) is 0 Å². The van der Waals surface area contributed by atoms with E-state index in [2.05, 4.69) is 10.6 Å². The van der Waals surface area contributed by atoms with Crippen LogP contribution < -0.4 is 20.7 Å². The first-order valence-electron chi connectivity index (χ1n) is 15.5. The van der Waals surface area contributed by atoms with Gasteiger partial charge in [-0.15, -0.1) is 4.91 Å². The molecular formula is C35H39N3O10. The molecule has 1 atom stereocenters. The highest BCUT2D eigenvalue weighted by atomic mass is 16.6. The van der Waals surface area contributed by atoms with Crippen LogP contribution in [0.1, 0.15) is 79.7 Å². The molecule has 0 aromatic heterocycles. The first-order valence-corrected chi connectivity index (χ1v) is 15.5. The van der Waals surface area contributed by atoms with Gasteiger partial charge in [0.1, 0.15) is 6.04 Å². The van der Waals surface area contributed by atoms with Gasteiger partial charge in [0, 0.05) is 5.18 Å². The van der Waals surface area contributed by atoms with Gasteiger partial charge in [0.15, 0.2) is 11.5 Å². The van der Waals surface area contributed by atoms with E-state index >= 15 is 0 Å². The van der Waals surface area contributed by atoms with Crippen LogP contribution in [0, 0.1) is 4.91 Å². The van der Waals surface area contributed by atoms with Crippen molar-refractivity contribution in [1.82, 2.24) is 5.43 Å². The zero-order chi connectivity index (χ0) is 35.3. The molecule has 0 aliphatic rings. The van der Waals surface area contributed by atoms with E-state index in [1.54, 1.807) is 88.4 Å². The van der Waals surface area contributed by atoms with Gasteiger partial charge < -0.3 is 18.9 Å². The molecule has 0 spiro atoms. The second-order valence-electron chi connectivity index (χ2n) is 10.8. The molecule has 0 aliphatic heterocycles. The number of carbonyl (C=O) groups excluding carboxylic acids is 5. The number of hydrazine groups is 1. The minimum absolute atomic E-state index is 0.0403.